The summed E-state index contributed by atoms with van der Waals surface area (Å²) in [5, 5.41) is 5.65. The highest BCUT2D eigenvalue weighted by Crippen LogP contribution is 2.20. The Balaban J connectivity index is 1.68. The summed E-state index contributed by atoms with van der Waals surface area (Å²) in [4.78, 5) is 23.8. The standard InChI is InChI=1S/C19H21BrN2O2/c1-14-7-9-16(20)13-17(14)22-19(24)11-12-21-18(23)10-8-15-5-3-2-4-6-15/h2-7,9,13H,8,10-12H2,1H3,(H,21,23)(H,22,24). The first-order valence-corrected chi connectivity index (χ1v) is 8.70. The third-order valence-electron chi connectivity index (χ3n) is 3.63. The Morgan fingerprint density at radius 1 is 1.00 bits per heavy atom. The van der Waals surface area contributed by atoms with Gasteiger partial charge in [-0.15, -0.1) is 0 Å². The minimum absolute atomic E-state index is 0.0368. The number of anilines is 1. The second-order valence-electron chi connectivity index (χ2n) is 5.59. The lowest BCUT2D eigenvalue weighted by molar-refractivity contribution is -0.121. The molecule has 0 aromatic heterocycles. The van der Waals surface area contributed by atoms with Gasteiger partial charge in [-0.25, -0.2) is 0 Å². The highest BCUT2D eigenvalue weighted by molar-refractivity contribution is 9.10. The van der Waals surface area contributed by atoms with Crippen molar-refractivity contribution in [3.8, 4) is 0 Å². The lowest BCUT2D eigenvalue weighted by Crippen LogP contribution is -2.27. The molecule has 0 atom stereocenters. The highest BCUT2D eigenvalue weighted by atomic mass is 79.9. The summed E-state index contributed by atoms with van der Waals surface area (Å²) in [5.41, 5.74) is 2.92. The van der Waals surface area contributed by atoms with Crippen LogP contribution in [0, 0.1) is 6.92 Å². The molecule has 2 rings (SSSR count). The van der Waals surface area contributed by atoms with Crippen molar-refractivity contribution in [2.75, 3.05) is 11.9 Å². The van der Waals surface area contributed by atoms with Crippen molar-refractivity contribution in [3.05, 3.63) is 64.1 Å². The quantitative estimate of drug-likeness (QED) is 0.756. The molecule has 2 amide bonds. The van der Waals surface area contributed by atoms with Crippen LogP contribution in [0.1, 0.15) is 24.0 Å². The maximum absolute atomic E-state index is 12.0. The van der Waals surface area contributed by atoms with E-state index in [-0.39, 0.29) is 18.2 Å². The van der Waals surface area contributed by atoms with Crippen molar-refractivity contribution in [1.82, 2.24) is 5.32 Å². The molecule has 0 unspecified atom stereocenters. The maximum atomic E-state index is 12.0. The molecule has 0 aliphatic rings. The molecule has 0 saturated carbocycles. The lowest BCUT2D eigenvalue weighted by Gasteiger charge is -2.09. The van der Waals surface area contributed by atoms with Gasteiger partial charge in [0.1, 0.15) is 0 Å². The third-order valence-corrected chi connectivity index (χ3v) is 4.12. The average Bonchev–Trinajstić information content (AvgIpc) is 2.57. The SMILES string of the molecule is Cc1ccc(Br)cc1NC(=O)CCNC(=O)CCc1ccccc1. The van der Waals surface area contributed by atoms with Crippen molar-refractivity contribution >= 4 is 33.4 Å². The van der Waals surface area contributed by atoms with Crippen LogP contribution in [0.5, 0.6) is 0 Å². The van der Waals surface area contributed by atoms with Crippen LogP contribution in [-0.4, -0.2) is 18.4 Å². The zero-order valence-corrected chi connectivity index (χ0v) is 15.2. The zero-order valence-electron chi connectivity index (χ0n) is 13.6. The van der Waals surface area contributed by atoms with Crippen LogP contribution >= 0.6 is 15.9 Å². The van der Waals surface area contributed by atoms with E-state index in [1.54, 1.807) is 0 Å². The average molecular weight is 389 g/mol. The number of rotatable bonds is 7. The fourth-order valence-electron chi connectivity index (χ4n) is 2.25. The van der Waals surface area contributed by atoms with Crippen molar-refractivity contribution < 1.29 is 9.59 Å². The molecule has 2 aromatic carbocycles. The molecular weight excluding hydrogens is 368 g/mol. The fourth-order valence-corrected chi connectivity index (χ4v) is 2.61. The Bertz CT molecular complexity index is 702. The van der Waals surface area contributed by atoms with Crippen LogP contribution in [0.2, 0.25) is 0 Å². The van der Waals surface area contributed by atoms with Crippen LogP contribution in [-0.2, 0) is 16.0 Å². The van der Waals surface area contributed by atoms with E-state index in [1.807, 2.05) is 55.5 Å². The van der Waals surface area contributed by atoms with Gasteiger partial charge in [0, 0.05) is 29.5 Å². The number of halogens is 1. The summed E-state index contributed by atoms with van der Waals surface area (Å²) >= 11 is 3.39. The number of benzene rings is 2. The second-order valence-corrected chi connectivity index (χ2v) is 6.51. The van der Waals surface area contributed by atoms with Gasteiger partial charge in [0.15, 0.2) is 0 Å². The number of hydrogen-bond donors (Lipinski definition) is 2. The van der Waals surface area contributed by atoms with Crippen molar-refractivity contribution in [2.24, 2.45) is 0 Å². The molecule has 0 aliphatic carbocycles. The van der Waals surface area contributed by atoms with Crippen LogP contribution in [0.4, 0.5) is 5.69 Å². The highest BCUT2D eigenvalue weighted by Gasteiger charge is 2.07. The van der Waals surface area contributed by atoms with Crippen LogP contribution in [0.3, 0.4) is 0 Å². The monoisotopic (exact) mass is 388 g/mol. The summed E-state index contributed by atoms with van der Waals surface area (Å²) in [6, 6.07) is 15.6. The van der Waals surface area contributed by atoms with E-state index in [2.05, 4.69) is 26.6 Å². The number of carbonyl (C=O) groups is 2. The molecule has 2 aromatic rings. The van der Waals surface area contributed by atoms with E-state index in [1.165, 1.54) is 0 Å². The maximum Gasteiger partial charge on any atom is 0.226 e. The fraction of sp³-hybridized carbons (Fsp3) is 0.263. The number of nitrogens with one attached hydrogen (secondary N) is 2. The number of carbonyl (C=O) groups excluding carboxylic acids is 2. The number of hydrogen-bond acceptors (Lipinski definition) is 2. The van der Waals surface area contributed by atoms with Gasteiger partial charge in [0.05, 0.1) is 0 Å². The van der Waals surface area contributed by atoms with Crippen LogP contribution in [0.25, 0.3) is 0 Å². The summed E-state index contributed by atoms with van der Waals surface area (Å²) < 4.78 is 0.914. The lowest BCUT2D eigenvalue weighted by atomic mass is 10.1. The third kappa shape index (κ3) is 6.16. The smallest absolute Gasteiger partial charge is 0.226 e. The van der Waals surface area contributed by atoms with E-state index in [9.17, 15) is 9.59 Å². The molecule has 2 N–H and O–H groups in total. The molecule has 0 saturated heterocycles. The predicted octanol–water partition coefficient (Wildman–Crippen LogP) is 3.84. The van der Waals surface area contributed by atoms with Crippen molar-refractivity contribution in [3.63, 3.8) is 0 Å². The Kier molecular flexibility index (Phi) is 7.00. The second kappa shape index (κ2) is 9.23. The Labute approximate surface area is 150 Å². The van der Waals surface area contributed by atoms with E-state index in [0.29, 0.717) is 19.4 Å². The molecule has 126 valence electrons. The summed E-state index contributed by atoms with van der Waals surface area (Å²) in [7, 11) is 0. The normalized spacial score (nSPS) is 10.2. The molecule has 0 spiro atoms. The van der Waals surface area contributed by atoms with E-state index >= 15 is 0 Å². The number of aryl methyl sites for hydroxylation is 2. The molecule has 5 heteroatoms. The van der Waals surface area contributed by atoms with Gasteiger partial charge in [-0.05, 0) is 36.6 Å². The Morgan fingerprint density at radius 2 is 1.75 bits per heavy atom. The summed E-state index contributed by atoms with van der Waals surface area (Å²) in [6.45, 7) is 2.28. The van der Waals surface area contributed by atoms with Gasteiger partial charge in [0.2, 0.25) is 11.8 Å². The minimum atomic E-state index is -0.112. The molecular formula is C19H21BrN2O2. The molecule has 4 nitrogen and oxygen atoms in total. The first-order valence-electron chi connectivity index (χ1n) is 7.91. The van der Waals surface area contributed by atoms with Gasteiger partial charge < -0.3 is 10.6 Å². The summed E-state index contributed by atoms with van der Waals surface area (Å²) in [6.07, 6.45) is 1.38. The molecule has 0 bridgehead atoms. The van der Waals surface area contributed by atoms with Gasteiger partial charge in [-0.2, -0.15) is 0 Å². The molecule has 0 fully saturated rings. The predicted molar refractivity (Wildman–Crippen MR) is 99.9 cm³/mol. The summed E-state index contributed by atoms with van der Waals surface area (Å²) in [5.74, 6) is -0.148. The Hall–Kier alpha value is -2.14. The van der Waals surface area contributed by atoms with Gasteiger partial charge in [-0.1, -0.05) is 52.3 Å². The molecule has 0 radical (unpaired) electrons. The zero-order chi connectivity index (χ0) is 17.4. The van der Waals surface area contributed by atoms with Gasteiger partial charge in [0.25, 0.3) is 0 Å². The van der Waals surface area contributed by atoms with Crippen LogP contribution in [0.15, 0.2) is 53.0 Å². The minimum Gasteiger partial charge on any atom is -0.356 e. The van der Waals surface area contributed by atoms with E-state index in [4.69, 9.17) is 0 Å². The van der Waals surface area contributed by atoms with Gasteiger partial charge >= 0.3 is 0 Å². The topological polar surface area (TPSA) is 58.2 Å². The molecule has 24 heavy (non-hydrogen) atoms. The first-order chi connectivity index (χ1) is 11.5. The number of amides is 2. The molecule has 0 aliphatic heterocycles. The Morgan fingerprint density at radius 3 is 2.50 bits per heavy atom. The van der Waals surface area contributed by atoms with Crippen molar-refractivity contribution in [1.29, 1.82) is 0 Å². The largest absolute Gasteiger partial charge is 0.356 e. The van der Waals surface area contributed by atoms with Crippen LogP contribution < -0.4 is 10.6 Å². The van der Waals surface area contributed by atoms with E-state index in [0.717, 1.165) is 21.3 Å². The van der Waals surface area contributed by atoms with E-state index < -0.39 is 0 Å². The first kappa shape index (κ1) is 18.2. The van der Waals surface area contributed by atoms with Crippen molar-refractivity contribution in [2.45, 2.75) is 26.2 Å². The molecule has 0 heterocycles. The van der Waals surface area contributed by atoms with Gasteiger partial charge in [-0.3, -0.25) is 9.59 Å².